The molecule has 3 heteroatoms. The summed E-state index contributed by atoms with van der Waals surface area (Å²) in [5.74, 6) is 0.940. The van der Waals surface area contributed by atoms with E-state index >= 15 is 0 Å². The third-order valence-corrected chi connectivity index (χ3v) is 2.76. The van der Waals surface area contributed by atoms with Gasteiger partial charge in [0.1, 0.15) is 5.75 Å². The molecule has 0 aromatic heterocycles. The summed E-state index contributed by atoms with van der Waals surface area (Å²) in [5, 5.41) is 3.50. The molecule has 0 bridgehead atoms. The van der Waals surface area contributed by atoms with E-state index in [9.17, 15) is 0 Å². The van der Waals surface area contributed by atoms with Crippen molar-refractivity contribution < 1.29 is 4.74 Å². The molecule has 20 heavy (non-hydrogen) atoms. The summed E-state index contributed by atoms with van der Waals surface area (Å²) in [6.07, 6.45) is 2.26. The Kier molecular flexibility index (Phi) is 5.63. The number of hydrogen-bond acceptors (Lipinski definition) is 3. The topological polar surface area (TPSA) is 24.5 Å². The number of rotatable bonds is 2. The smallest absolute Gasteiger partial charge is 0.120 e. The highest BCUT2D eigenvalue weighted by molar-refractivity contribution is 5.80. The summed E-state index contributed by atoms with van der Waals surface area (Å²) in [6, 6.07) is 6.22. The Labute approximate surface area is 123 Å². The van der Waals surface area contributed by atoms with Gasteiger partial charge in [-0.1, -0.05) is 6.08 Å². The Morgan fingerprint density at radius 1 is 1.20 bits per heavy atom. The average Bonchev–Trinajstić information content (AvgIpc) is 2.28. The Morgan fingerprint density at radius 2 is 1.80 bits per heavy atom. The van der Waals surface area contributed by atoms with Crippen LogP contribution in [0.4, 0.5) is 5.69 Å². The first-order chi connectivity index (χ1) is 9.25. The molecule has 0 saturated carbocycles. The van der Waals surface area contributed by atoms with Crippen molar-refractivity contribution in [1.82, 2.24) is 4.90 Å². The lowest BCUT2D eigenvalue weighted by Crippen LogP contribution is -2.31. The standard InChI is InChI=1S/C14H19NO.C3H9N/c1-5-16-11-6-7-13-12(8-11)10(2)9-14(3,4)15-13;1-4(2)3/h6-9,15H,5H2,1-4H3;1-3H3. The Balaban J connectivity index is 0.000000444. The molecule has 2 rings (SSSR count). The number of fused-ring (bicyclic) bond motifs is 1. The highest BCUT2D eigenvalue weighted by atomic mass is 16.5. The molecule has 1 aromatic carbocycles. The summed E-state index contributed by atoms with van der Waals surface area (Å²) < 4.78 is 5.52. The van der Waals surface area contributed by atoms with E-state index in [1.54, 1.807) is 0 Å². The van der Waals surface area contributed by atoms with Gasteiger partial charge in [0.25, 0.3) is 0 Å². The molecular weight excluding hydrogens is 248 g/mol. The van der Waals surface area contributed by atoms with Crippen molar-refractivity contribution in [2.45, 2.75) is 33.2 Å². The minimum atomic E-state index is 0.0320. The van der Waals surface area contributed by atoms with Crippen LogP contribution in [0.1, 0.15) is 33.3 Å². The lowest BCUT2D eigenvalue weighted by molar-refractivity contribution is 0.340. The van der Waals surface area contributed by atoms with Crippen LogP contribution in [0, 0.1) is 0 Å². The third-order valence-electron chi connectivity index (χ3n) is 2.76. The molecule has 0 unspecified atom stereocenters. The van der Waals surface area contributed by atoms with Gasteiger partial charge in [0.2, 0.25) is 0 Å². The van der Waals surface area contributed by atoms with Crippen molar-refractivity contribution in [3.8, 4) is 5.75 Å². The minimum absolute atomic E-state index is 0.0320. The van der Waals surface area contributed by atoms with Crippen molar-refractivity contribution in [3.63, 3.8) is 0 Å². The maximum Gasteiger partial charge on any atom is 0.120 e. The van der Waals surface area contributed by atoms with Gasteiger partial charge < -0.3 is 15.0 Å². The van der Waals surface area contributed by atoms with Crippen molar-refractivity contribution in [2.24, 2.45) is 0 Å². The molecule has 1 aliphatic heterocycles. The summed E-state index contributed by atoms with van der Waals surface area (Å²) >= 11 is 0. The van der Waals surface area contributed by atoms with Crippen LogP contribution in [0.15, 0.2) is 24.3 Å². The molecule has 1 aromatic rings. The van der Waals surface area contributed by atoms with Gasteiger partial charge in [-0.3, -0.25) is 0 Å². The molecule has 0 atom stereocenters. The predicted octanol–water partition coefficient (Wildman–Crippen LogP) is 3.87. The number of hydrogen-bond donors (Lipinski definition) is 1. The molecular formula is C17H28N2O. The molecule has 0 saturated heterocycles. The molecule has 1 aliphatic rings. The normalized spacial score (nSPS) is 15.5. The zero-order valence-corrected chi connectivity index (χ0v) is 13.9. The number of benzene rings is 1. The molecule has 0 aliphatic carbocycles. The highest BCUT2D eigenvalue weighted by Gasteiger charge is 2.22. The van der Waals surface area contributed by atoms with E-state index in [2.05, 4.69) is 44.3 Å². The van der Waals surface area contributed by atoms with Gasteiger partial charge in [-0.25, -0.2) is 0 Å². The molecule has 0 amide bonds. The predicted molar refractivity (Wildman–Crippen MR) is 88.6 cm³/mol. The van der Waals surface area contributed by atoms with Crippen molar-refractivity contribution in [2.75, 3.05) is 33.1 Å². The molecule has 0 radical (unpaired) electrons. The summed E-state index contributed by atoms with van der Waals surface area (Å²) in [7, 11) is 6.00. The molecule has 1 N–H and O–H groups in total. The van der Waals surface area contributed by atoms with Gasteiger partial charge in [-0.05, 0) is 72.6 Å². The van der Waals surface area contributed by atoms with Crippen LogP contribution in [-0.4, -0.2) is 38.2 Å². The maximum atomic E-state index is 5.52. The summed E-state index contributed by atoms with van der Waals surface area (Å²) in [5.41, 5.74) is 3.77. The van der Waals surface area contributed by atoms with E-state index < -0.39 is 0 Å². The second-order valence-corrected chi connectivity index (χ2v) is 6.16. The van der Waals surface area contributed by atoms with Gasteiger partial charge in [0.15, 0.2) is 0 Å². The van der Waals surface area contributed by atoms with E-state index in [-0.39, 0.29) is 5.54 Å². The Bertz CT molecular complexity index is 473. The number of ether oxygens (including phenoxy) is 1. The van der Waals surface area contributed by atoms with E-state index in [0.29, 0.717) is 6.61 Å². The summed E-state index contributed by atoms with van der Waals surface area (Å²) in [6.45, 7) is 9.22. The first-order valence-electron chi connectivity index (χ1n) is 7.11. The van der Waals surface area contributed by atoms with Crippen LogP contribution in [0.2, 0.25) is 0 Å². The van der Waals surface area contributed by atoms with Gasteiger partial charge in [-0.15, -0.1) is 0 Å². The average molecular weight is 276 g/mol. The van der Waals surface area contributed by atoms with Crippen LogP contribution in [0.3, 0.4) is 0 Å². The second-order valence-electron chi connectivity index (χ2n) is 6.16. The van der Waals surface area contributed by atoms with Gasteiger partial charge >= 0.3 is 0 Å². The molecule has 1 heterocycles. The van der Waals surface area contributed by atoms with E-state index in [0.717, 1.165) is 5.75 Å². The van der Waals surface area contributed by atoms with Crippen molar-refractivity contribution in [3.05, 3.63) is 29.8 Å². The van der Waals surface area contributed by atoms with E-state index in [1.165, 1.54) is 16.8 Å². The largest absolute Gasteiger partial charge is 0.494 e. The molecule has 0 fully saturated rings. The first kappa shape index (κ1) is 16.6. The monoisotopic (exact) mass is 276 g/mol. The lowest BCUT2D eigenvalue weighted by atomic mass is 9.91. The molecule has 112 valence electrons. The fourth-order valence-corrected chi connectivity index (χ4v) is 2.22. The fourth-order valence-electron chi connectivity index (χ4n) is 2.22. The van der Waals surface area contributed by atoms with Crippen molar-refractivity contribution >= 4 is 11.3 Å². The zero-order valence-electron chi connectivity index (χ0n) is 13.9. The number of anilines is 1. The molecule has 3 nitrogen and oxygen atoms in total. The summed E-state index contributed by atoms with van der Waals surface area (Å²) in [4.78, 5) is 2.00. The molecule has 0 spiro atoms. The SMILES string of the molecule is CCOc1ccc2c(c1)C(C)=CC(C)(C)N2.CN(C)C. The van der Waals surface area contributed by atoms with Gasteiger partial charge in [-0.2, -0.15) is 0 Å². The van der Waals surface area contributed by atoms with Crippen molar-refractivity contribution in [1.29, 1.82) is 0 Å². The van der Waals surface area contributed by atoms with Crippen LogP contribution in [0.5, 0.6) is 5.75 Å². The third kappa shape index (κ3) is 4.89. The van der Waals surface area contributed by atoms with Crippen LogP contribution in [-0.2, 0) is 0 Å². The quantitative estimate of drug-likeness (QED) is 0.887. The van der Waals surface area contributed by atoms with Crippen LogP contribution < -0.4 is 10.1 Å². The number of nitrogens with one attached hydrogen (secondary N) is 1. The second kappa shape index (κ2) is 6.80. The fraction of sp³-hybridized carbons (Fsp3) is 0.529. The van der Waals surface area contributed by atoms with Gasteiger partial charge in [0.05, 0.1) is 12.1 Å². The lowest BCUT2D eigenvalue weighted by Gasteiger charge is -2.31. The van der Waals surface area contributed by atoms with Crippen LogP contribution in [0.25, 0.3) is 5.57 Å². The Morgan fingerprint density at radius 3 is 2.35 bits per heavy atom. The number of allylic oxidation sites excluding steroid dienone is 1. The number of nitrogens with zero attached hydrogens (tertiary/aromatic N) is 1. The minimum Gasteiger partial charge on any atom is -0.494 e. The van der Waals surface area contributed by atoms with E-state index in [1.807, 2.05) is 39.0 Å². The first-order valence-corrected chi connectivity index (χ1v) is 7.11. The maximum absolute atomic E-state index is 5.52. The van der Waals surface area contributed by atoms with Crippen LogP contribution >= 0.6 is 0 Å². The van der Waals surface area contributed by atoms with Gasteiger partial charge in [0, 0.05) is 11.3 Å². The Hall–Kier alpha value is -1.48. The zero-order chi connectivity index (χ0) is 15.3. The van der Waals surface area contributed by atoms with E-state index in [4.69, 9.17) is 4.74 Å². The highest BCUT2D eigenvalue weighted by Crippen LogP contribution is 2.35.